The molecule has 29 heavy (non-hydrogen) atoms. The molecule has 148 valence electrons. The zero-order valence-electron chi connectivity index (χ0n) is 16.3. The van der Waals surface area contributed by atoms with Gasteiger partial charge in [-0.25, -0.2) is 0 Å². The van der Waals surface area contributed by atoms with Gasteiger partial charge in [0.15, 0.2) is 17.3 Å². The first-order valence-electron chi connectivity index (χ1n) is 9.24. The van der Waals surface area contributed by atoms with Crippen LogP contribution in [0, 0.1) is 0 Å². The summed E-state index contributed by atoms with van der Waals surface area (Å²) in [6.45, 7) is 0.732. The van der Waals surface area contributed by atoms with E-state index in [4.69, 9.17) is 9.47 Å². The number of para-hydroxylation sites is 1. The second kappa shape index (κ2) is 8.47. The van der Waals surface area contributed by atoms with Crippen LogP contribution in [0.25, 0.3) is 10.9 Å². The van der Waals surface area contributed by atoms with E-state index in [0.717, 1.165) is 24.2 Å². The minimum atomic E-state index is 0.398. The molecular weight excluding hydrogens is 368 g/mol. The average Bonchev–Trinajstić information content (AvgIpc) is 3.17. The third kappa shape index (κ3) is 4.21. The lowest BCUT2D eigenvalue weighted by Crippen LogP contribution is -2.08. The number of hydrogen-bond acceptors (Lipinski definition) is 7. The van der Waals surface area contributed by atoms with Gasteiger partial charge in [-0.1, -0.05) is 18.2 Å². The maximum absolute atomic E-state index is 5.32. The zero-order chi connectivity index (χ0) is 20.1. The summed E-state index contributed by atoms with van der Waals surface area (Å²) in [5.74, 6) is 2.33. The Morgan fingerprint density at radius 2 is 1.90 bits per heavy atom. The van der Waals surface area contributed by atoms with Crippen LogP contribution >= 0.6 is 0 Å². The average molecular weight is 390 g/mol. The van der Waals surface area contributed by atoms with E-state index in [0.29, 0.717) is 23.3 Å². The maximum Gasteiger partial charge on any atom is 0.249 e. The van der Waals surface area contributed by atoms with Gasteiger partial charge >= 0.3 is 0 Å². The van der Waals surface area contributed by atoms with Crippen LogP contribution in [0.4, 0.5) is 17.5 Å². The van der Waals surface area contributed by atoms with Crippen molar-refractivity contribution < 1.29 is 9.47 Å². The molecule has 0 aliphatic heterocycles. The Labute approximate surface area is 168 Å². The molecule has 0 amide bonds. The van der Waals surface area contributed by atoms with Crippen molar-refractivity contribution in [3.8, 4) is 11.5 Å². The molecule has 8 nitrogen and oxygen atoms in total. The molecule has 2 heterocycles. The molecular formula is C21H22N6O2. The SMILES string of the molecule is COc1ccc(Nc2nncc(NCCc3c[nH]c4ccccc34)n2)cc1OC. The van der Waals surface area contributed by atoms with E-state index >= 15 is 0 Å². The molecule has 0 saturated carbocycles. The molecule has 3 N–H and O–H groups in total. The summed E-state index contributed by atoms with van der Waals surface area (Å²) in [5, 5.41) is 15.7. The summed E-state index contributed by atoms with van der Waals surface area (Å²) in [7, 11) is 3.20. The molecule has 0 aliphatic rings. The molecule has 2 aromatic heterocycles. The molecule has 8 heteroatoms. The summed E-state index contributed by atoms with van der Waals surface area (Å²) in [5.41, 5.74) is 3.19. The summed E-state index contributed by atoms with van der Waals surface area (Å²) in [4.78, 5) is 7.77. The van der Waals surface area contributed by atoms with E-state index in [9.17, 15) is 0 Å². The molecule has 4 rings (SSSR count). The second-order valence-corrected chi connectivity index (χ2v) is 6.40. The highest BCUT2D eigenvalue weighted by atomic mass is 16.5. The minimum absolute atomic E-state index is 0.398. The van der Waals surface area contributed by atoms with E-state index in [-0.39, 0.29) is 0 Å². The minimum Gasteiger partial charge on any atom is -0.493 e. The molecule has 0 fully saturated rings. The number of methoxy groups -OCH3 is 2. The van der Waals surface area contributed by atoms with Crippen molar-refractivity contribution in [3.05, 3.63) is 60.4 Å². The van der Waals surface area contributed by atoms with Crippen molar-refractivity contribution in [1.82, 2.24) is 20.2 Å². The van der Waals surface area contributed by atoms with Crippen LogP contribution in [0.3, 0.4) is 0 Å². The third-order valence-corrected chi connectivity index (χ3v) is 4.57. The highest BCUT2D eigenvalue weighted by Gasteiger charge is 2.07. The lowest BCUT2D eigenvalue weighted by Gasteiger charge is -2.11. The van der Waals surface area contributed by atoms with Gasteiger partial charge in [0.1, 0.15) is 0 Å². The predicted molar refractivity (Wildman–Crippen MR) is 113 cm³/mol. The lowest BCUT2D eigenvalue weighted by atomic mass is 10.1. The van der Waals surface area contributed by atoms with Crippen LogP contribution in [0.5, 0.6) is 11.5 Å². The van der Waals surface area contributed by atoms with Gasteiger partial charge in [-0.2, -0.15) is 10.1 Å². The summed E-state index contributed by atoms with van der Waals surface area (Å²) in [6, 6.07) is 13.8. The van der Waals surface area contributed by atoms with Crippen LogP contribution in [0.1, 0.15) is 5.56 Å². The largest absolute Gasteiger partial charge is 0.493 e. The molecule has 4 aromatic rings. The number of nitrogens with one attached hydrogen (secondary N) is 3. The second-order valence-electron chi connectivity index (χ2n) is 6.40. The number of anilines is 3. The van der Waals surface area contributed by atoms with Crippen molar-refractivity contribution >= 4 is 28.4 Å². The maximum atomic E-state index is 5.32. The first-order chi connectivity index (χ1) is 14.3. The molecule has 0 bridgehead atoms. The van der Waals surface area contributed by atoms with Crippen LogP contribution in [0.2, 0.25) is 0 Å². The van der Waals surface area contributed by atoms with E-state index in [1.807, 2.05) is 30.3 Å². The Kier molecular flexibility index (Phi) is 5.42. The number of fused-ring (bicyclic) bond motifs is 1. The number of H-pyrrole nitrogens is 1. The Morgan fingerprint density at radius 1 is 1.03 bits per heavy atom. The predicted octanol–water partition coefficient (Wildman–Crippen LogP) is 3.77. The summed E-state index contributed by atoms with van der Waals surface area (Å²) in [6.07, 6.45) is 4.52. The topological polar surface area (TPSA) is 97.0 Å². The van der Waals surface area contributed by atoms with E-state index in [1.54, 1.807) is 20.4 Å². The van der Waals surface area contributed by atoms with Gasteiger partial charge in [-0.15, -0.1) is 5.10 Å². The van der Waals surface area contributed by atoms with Gasteiger partial charge in [0.25, 0.3) is 0 Å². The van der Waals surface area contributed by atoms with E-state index < -0.39 is 0 Å². The Bertz CT molecular complexity index is 1110. The summed E-state index contributed by atoms with van der Waals surface area (Å²) < 4.78 is 10.6. The van der Waals surface area contributed by atoms with Crippen LogP contribution in [-0.2, 0) is 6.42 Å². The zero-order valence-corrected chi connectivity index (χ0v) is 16.3. The monoisotopic (exact) mass is 390 g/mol. The van der Waals surface area contributed by atoms with Gasteiger partial charge in [0.2, 0.25) is 5.95 Å². The van der Waals surface area contributed by atoms with Crippen molar-refractivity contribution in [2.75, 3.05) is 31.4 Å². The fourth-order valence-corrected chi connectivity index (χ4v) is 3.15. The normalized spacial score (nSPS) is 10.7. The van der Waals surface area contributed by atoms with E-state index in [1.165, 1.54) is 10.9 Å². The third-order valence-electron chi connectivity index (χ3n) is 4.57. The standard InChI is InChI=1S/C21H22N6O2/c1-28-18-8-7-15(11-19(18)29-2)25-21-26-20(13-24-27-21)22-10-9-14-12-23-17-6-4-3-5-16(14)17/h3-8,11-13,23H,9-10H2,1-2H3,(H2,22,25,26,27). The number of aromatic nitrogens is 4. The molecule has 2 aromatic carbocycles. The number of nitrogens with zero attached hydrogens (tertiary/aromatic N) is 3. The fraction of sp³-hybridized carbons (Fsp3) is 0.190. The first-order valence-corrected chi connectivity index (χ1v) is 9.24. The Morgan fingerprint density at radius 3 is 2.76 bits per heavy atom. The van der Waals surface area contributed by atoms with Gasteiger partial charge in [0.05, 0.1) is 20.4 Å². The van der Waals surface area contributed by atoms with E-state index in [2.05, 4.69) is 49.1 Å². The number of benzene rings is 2. The number of rotatable bonds is 8. The van der Waals surface area contributed by atoms with Gasteiger partial charge in [-0.05, 0) is 30.2 Å². The highest BCUT2D eigenvalue weighted by molar-refractivity contribution is 5.83. The number of aromatic amines is 1. The smallest absolute Gasteiger partial charge is 0.249 e. The molecule has 0 spiro atoms. The van der Waals surface area contributed by atoms with Crippen molar-refractivity contribution in [3.63, 3.8) is 0 Å². The number of hydrogen-bond donors (Lipinski definition) is 3. The van der Waals surface area contributed by atoms with Gasteiger partial charge in [-0.3, -0.25) is 0 Å². The lowest BCUT2D eigenvalue weighted by molar-refractivity contribution is 0.355. The number of ether oxygens (including phenoxy) is 2. The highest BCUT2D eigenvalue weighted by Crippen LogP contribution is 2.30. The Balaban J connectivity index is 1.40. The Hall–Kier alpha value is -3.81. The van der Waals surface area contributed by atoms with Crippen molar-refractivity contribution in [2.45, 2.75) is 6.42 Å². The summed E-state index contributed by atoms with van der Waals surface area (Å²) >= 11 is 0. The first kappa shape index (κ1) is 18.5. The fourth-order valence-electron chi connectivity index (χ4n) is 3.15. The molecule has 0 saturated heterocycles. The van der Waals surface area contributed by atoms with Crippen molar-refractivity contribution in [2.24, 2.45) is 0 Å². The van der Waals surface area contributed by atoms with Crippen LogP contribution in [0.15, 0.2) is 54.9 Å². The van der Waals surface area contributed by atoms with Gasteiger partial charge < -0.3 is 25.1 Å². The molecule has 0 atom stereocenters. The molecule has 0 aliphatic carbocycles. The molecule has 0 radical (unpaired) electrons. The molecule has 0 unspecified atom stereocenters. The van der Waals surface area contributed by atoms with Crippen LogP contribution in [-0.4, -0.2) is 40.9 Å². The van der Waals surface area contributed by atoms with Crippen LogP contribution < -0.4 is 20.1 Å². The van der Waals surface area contributed by atoms with Crippen molar-refractivity contribution in [1.29, 1.82) is 0 Å². The quantitative estimate of drug-likeness (QED) is 0.421. The van der Waals surface area contributed by atoms with Gasteiger partial charge in [0, 0.05) is 35.4 Å².